The van der Waals surface area contributed by atoms with E-state index in [-0.39, 0.29) is 11.5 Å². The first-order valence-corrected chi connectivity index (χ1v) is 13.9. The standard InChI is InChI=1S/C30H20BrF3N2O5S/c1-40-23-12-16(11-20(31)28(23)41-15-18-7-4-6-17-5-2-3-8-19(17)18)13-24-29(38)36(30(39)42-24)14-25(37)35-22-10-9-21(32)26(33)27(22)34/h2-13H,14-15H2,1H3,(H,35,37)/b24-13+. The van der Waals surface area contributed by atoms with Crippen molar-refractivity contribution in [3.63, 3.8) is 0 Å². The van der Waals surface area contributed by atoms with Crippen molar-refractivity contribution in [3.8, 4) is 11.5 Å². The highest BCUT2D eigenvalue weighted by atomic mass is 79.9. The molecule has 4 aromatic carbocycles. The highest BCUT2D eigenvalue weighted by Gasteiger charge is 2.36. The summed E-state index contributed by atoms with van der Waals surface area (Å²) in [5.74, 6) is -5.68. The molecule has 1 N–H and O–H groups in total. The normalized spacial score (nSPS) is 14.1. The largest absolute Gasteiger partial charge is 0.493 e. The maximum absolute atomic E-state index is 13.9. The lowest BCUT2D eigenvalue weighted by Crippen LogP contribution is -2.36. The maximum Gasteiger partial charge on any atom is 0.294 e. The monoisotopic (exact) mass is 656 g/mol. The third kappa shape index (κ3) is 6.00. The van der Waals surface area contributed by atoms with Gasteiger partial charge in [-0.2, -0.15) is 0 Å². The molecule has 0 saturated carbocycles. The second-order valence-corrected chi connectivity index (χ2v) is 10.8. The Morgan fingerprint density at radius 2 is 1.79 bits per heavy atom. The molecule has 3 amide bonds. The smallest absolute Gasteiger partial charge is 0.294 e. The van der Waals surface area contributed by atoms with Crippen LogP contribution < -0.4 is 14.8 Å². The van der Waals surface area contributed by atoms with E-state index in [1.165, 1.54) is 13.2 Å². The number of halogens is 4. The fourth-order valence-electron chi connectivity index (χ4n) is 4.27. The fraction of sp³-hybridized carbons (Fsp3) is 0.100. The van der Waals surface area contributed by atoms with Gasteiger partial charge in [-0.3, -0.25) is 19.3 Å². The average Bonchev–Trinajstić information content (AvgIpc) is 3.23. The lowest BCUT2D eigenvalue weighted by Gasteiger charge is -2.15. The number of nitrogens with one attached hydrogen (secondary N) is 1. The molecule has 5 rings (SSSR count). The molecule has 0 aromatic heterocycles. The van der Waals surface area contributed by atoms with Crippen molar-refractivity contribution in [1.29, 1.82) is 0 Å². The minimum atomic E-state index is -1.76. The summed E-state index contributed by atoms with van der Waals surface area (Å²) in [6.45, 7) is -0.487. The van der Waals surface area contributed by atoms with E-state index >= 15 is 0 Å². The molecule has 1 heterocycles. The number of carbonyl (C=O) groups is 3. The lowest BCUT2D eigenvalue weighted by atomic mass is 10.1. The van der Waals surface area contributed by atoms with E-state index in [1.807, 2.05) is 47.8 Å². The van der Waals surface area contributed by atoms with Crippen LogP contribution in [0.25, 0.3) is 16.8 Å². The van der Waals surface area contributed by atoms with E-state index < -0.39 is 46.7 Å². The highest BCUT2D eigenvalue weighted by molar-refractivity contribution is 9.10. The van der Waals surface area contributed by atoms with Crippen LogP contribution in [0.3, 0.4) is 0 Å². The van der Waals surface area contributed by atoms with E-state index in [9.17, 15) is 27.6 Å². The van der Waals surface area contributed by atoms with Gasteiger partial charge in [0.05, 0.1) is 22.2 Å². The molecule has 4 aromatic rings. The molecular formula is C30H20BrF3N2O5S. The number of hydrogen-bond donors (Lipinski definition) is 1. The van der Waals surface area contributed by atoms with Crippen LogP contribution in [-0.4, -0.2) is 35.6 Å². The van der Waals surface area contributed by atoms with Gasteiger partial charge < -0.3 is 14.8 Å². The first kappa shape index (κ1) is 29.2. The molecule has 0 aliphatic carbocycles. The Hall–Kier alpha value is -4.29. The van der Waals surface area contributed by atoms with Crippen LogP contribution >= 0.6 is 27.7 Å². The number of fused-ring (bicyclic) bond motifs is 1. The molecule has 1 saturated heterocycles. The number of methoxy groups -OCH3 is 1. The van der Waals surface area contributed by atoms with Crippen molar-refractivity contribution in [1.82, 2.24) is 4.90 Å². The van der Waals surface area contributed by atoms with Crippen molar-refractivity contribution in [3.05, 3.63) is 105 Å². The van der Waals surface area contributed by atoms with E-state index in [1.54, 1.807) is 12.1 Å². The number of hydrogen-bond acceptors (Lipinski definition) is 6. The number of anilines is 1. The lowest BCUT2D eigenvalue weighted by molar-refractivity contribution is -0.127. The predicted octanol–water partition coefficient (Wildman–Crippen LogP) is 7.28. The number of thioether (sulfide) groups is 1. The van der Waals surface area contributed by atoms with Gasteiger partial charge >= 0.3 is 0 Å². The van der Waals surface area contributed by atoms with E-state index in [2.05, 4.69) is 15.9 Å². The SMILES string of the molecule is COc1cc(/C=C2/SC(=O)N(CC(=O)Nc3ccc(F)c(F)c3F)C2=O)cc(Br)c1OCc1cccc2ccccc12. The van der Waals surface area contributed by atoms with Gasteiger partial charge in [0, 0.05) is 0 Å². The zero-order chi connectivity index (χ0) is 30.0. The second kappa shape index (κ2) is 12.3. The first-order chi connectivity index (χ1) is 20.2. The molecule has 42 heavy (non-hydrogen) atoms. The van der Waals surface area contributed by atoms with Crippen LogP contribution in [0.4, 0.5) is 23.7 Å². The molecule has 0 bridgehead atoms. The number of carbonyl (C=O) groups excluding carboxylic acids is 3. The van der Waals surface area contributed by atoms with Crippen LogP contribution in [-0.2, 0) is 16.2 Å². The van der Waals surface area contributed by atoms with E-state index in [0.29, 0.717) is 44.3 Å². The minimum Gasteiger partial charge on any atom is -0.493 e. The first-order valence-electron chi connectivity index (χ1n) is 12.3. The number of ether oxygens (including phenoxy) is 2. The number of benzene rings is 4. The number of imide groups is 1. The summed E-state index contributed by atoms with van der Waals surface area (Å²) >= 11 is 4.10. The summed E-state index contributed by atoms with van der Waals surface area (Å²) < 4.78 is 52.7. The Balaban J connectivity index is 1.30. The van der Waals surface area contributed by atoms with Crippen molar-refractivity contribution in [2.24, 2.45) is 0 Å². The number of nitrogens with zero attached hydrogens (tertiary/aromatic N) is 1. The van der Waals surface area contributed by atoms with Gasteiger partial charge in [0.1, 0.15) is 13.2 Å². The van der Waals surface area contributed by atoms with E-state index in [4.69, 9.17) is 9.47 Å². The summed E-state index contributed by atoms with van der Waals surface area (Å²) in [7, 11) is 1.47. The Morgan fingerprint density at radius 1 is 1.02 bits per heavy atom. The zero-order valence-corrected chi connectivity index (χ0v) is 24.2. The molecule has 0 spiro atoms. The average molecular weight is 657 g/mol. The third-order valence-corrected chi connectivity index (χ3v) is 7.78. The third-order valence-electron chi connectivity index (χ3n) is 6.29. The number of rotatable bonds is 8. The van der Waals surface area contributed by atoms with E-state index in [0.717, 1.165) is 22.4 Å². The van der Waals surface area contributed by atoms with Crippen LogP contribution in [0.15, 0.2) is 76.1 Å². The van der Waals surface area contributed by atoms with Crippen LogP contribution in [0.2, 0.25) is 0 Å². The molecule has 1 aliphatic rings. The quantitative estimate of drug-likeness (QED) is 0.158. The van der Waals surface area contributed by atoms with Gasteiger partial charge in [-0.05, 0) is 79.9 Å². The molecule has 12 heteroatoms. The topological polar surface area (TPSA) is 84.9 Å². The molecule has 7 nitrogen and oxygen atoms in total. The molecule has 0 radical (unpaired) electrons. The van der Waals surface area contributed by atoms with Gasteiger partial charge in [-0.25, -0.2) is 13.2 Å². The summed E-state index contributed by atoms with van der Waals surface area (Å²) in [5, 5.41) is 3.46. The molecule has 0 atom stereocenters. The Bertz CT molecular complexity index is 1780. The fourth-order valence-corrected chi connectivity index (χ4v) is 5.69. The van der Waals surface area contributed by atoms with Crippen LogP contribution in [0.5, 0.6) is 11.5 Å². The molecule has 0 unspecified atom stereocenters. The van der Waals surface area contributed by atoms with Crippen molar-refractivity contribution >= 4 is 67.3 Å². The summed E-state index contributed by atoms with van der Waals surface area (Å²) in [5.41, 5.74) is 0.868. The van der Waals surface area contributed by atoms with Crippen molar-refractivity contribution in [2.45, 2.75) is 6.61 Å². The van der Waals surface area contributed by atoms with Gasteiger partial charge in [-0.15, -0.1) is 0 Å². The summed E-state index contributed by atoms with van der Waals surface area (Å²) in [4.78, 5) is 38.5. The van der Waals surface area contributed by atoms with Gasteiger partial charge in [0.15, 0.2) is 29.0 Å². The Kier molecular flexibility index (Phi) is 8.55. The van der Waals surface area contributed by atoms with Crippen molar-refractivity contribution in [2.75, 3.05) is 19.0 Å². The second-order valence-electron chi connectivity index (χ2n) is 9.00. The highest BCUT2D eigenvalue weighted by Crippen LogP contribution is 2.40. The summed E-state index contributed by atoms with van der Waals surface area (Å²) in [6.07, 6.45) is 1.46. The molecular weight excluding hydrogens is 637 g/mol. The number of amides is 3. The predicted molar refractivity (Wildman–Crippen MR) is 157 cm³/mol. The molecule has 1 aliphatic heterocycles. The molecule has 1 fully saturated rings. The minimum absolute atomic E-state index is 0.0326. The Morgan fingerprint density at radius 3 is 2.57 bits per heavy atom. The van der Waals surface area contributed by atoms with Gasteiger partial charge in [-0.1, -0.05) is 42.5 Å². The van der Waals surface area contributed by atoms with Crippen LogP contribution in [0.1, 0.15) is 11.1 Å². The van der Waals surface area contributed by atoms with Crippen molar-refractivity contribution < 1.29 is 37.0 Å². The summed E-state index contributed by atoms with van der Waals surface area (Å²) in [6, 6.07) is 18.7. The van der Waals surface area contributed by atoms with Crippen LogP contribution in [0, 0.1) is 17.5 Å². The zero-order valence-electron chi connectivity index (χ0n) is 21.8. The Labute approximate surface area is 250 Å². The molecule has 214 valence electrons. The maximum atomic E-state index is 13.9. The van der Waals surface area contributed by atoms with Gasteiger partial charge in [0.2, 0.25) is 5.91 Å². The van der Waals surface area contributed by atoms with Gasteiger partial charge in [0.25, 0.3) is 11.1 Å².